The highest BCUT2D eigenvalue weighted by Crippen LogP contribution is 2.38. The predicted molar refractivity (Wildman–Crippen MR) is 135 cm³/mol. The zero-order valence-corrected chi connectivity index (χ0v) is 21.4. The van der Waals surface area contributed by atoms with E-state index in [-0.39, 0.29) is 23.9 Å². The van der Waals surface area contributed by atoms with Gasteiger partial charge in [0, 0.05) is 36.0 Å². The van der Waals surface area contributed by atoms with Crippen molar-refractivity contribution in [3.05, 3.63) is 98.2 Å². The first-order valence-corrected chi connectivity index (χ1v) is 12.3. The Bertz CT molecular complexity index is 1280. The van der Waals surface area contributed by atoms with Crippen molar-refractivity contribution in [1.29, 1.82) is 0 Å². The molecule has 3 aromatic carbocycles. The number of carbonyl (C=O) groups excluding carboxylic acids is 1. The summed E-state index contributed by atoms with van der Waals surface area (Å²) in [6.07, 6.45) is 0.948. The fourth-order valence-electron chi connectivity index (χ4n) is 4.36. The Kier molecular flexibility index (Phi) is 7.47. The summed E-state index contributed by atoms with van der Waals surface area (Å²) in [6.45, 7) is 2.36. The minimum absolute atomic E-state index is 0.0707. The molecule has 1 heterocycles. The molecule has 0 saturated carbocycles. The fraction of sp³-hybridized carbons (Fsp3) is 0.259. The average Bonchev–Trinajstić information content (AvgIpc) is 3.13. The van der Waals surface area contributed by atoms with E-state index in [9.17, 15) is 19.1 Å². The topological polar surface area (TPSA) is 66.8 Å². The smallest absolute Gasteiger partial charge is 0.305 e. The largest absolute Gasteiger partial charge is 0.487 e. The van der Waals surface area contributed by atoms with E-state index in [1.807, 2.05) is 37.3 Å². The van der Waals surface area contributed by atoms with Gasteiger partial charge in [-0.15, -0.1) is 0 Å². The number of hydrogen-bond donors (Lipinski definition) is 1. The van der Waals surface area contributed by atoms with Gasteiger partial charge in [-0.25, -0.2) is 4.39 Å². The van der Waals surface area contributed by atoms with Crippen LogP contribution >= 0.6 is 27.5 Å². The van der Waals surface area contributed by atoms with Crippen LogP contribution in [0.4, 0.5) is 4.39 Å². The molecule has 1 aliphatic rings. The summed E-state index contributed by atoms with van der Waals surface area (Å²) < 4.78 is 20.6. The van der Waals surface area contributed by atoms with Crippen molar-refractivity contribution in [3.8, 4) is 5.75 Å². The zero-order chi connectivity index (χ0) is 25.2. The van der Waals surface area contributed by atoms with Gasteiger partial charge in [-0.05, 0) is 66.1 Å². The van der Waals surface area contributed by atoms with Crippen LogP contribution in [0.2, 0.25) is 5.02 Å². The number of amides is 1. The molecule has 182 valence electrons. The van der Waals surface area contributed by atoms with Gasteiger partial charge in [0.25, 0.3) is 5.91 Å². The molecule has 1 aliphatic heterocycles. The van der Waals surface area contributed by atoms with Crippen molar-refractivity contribution in [2.75, 3.05) is 6.54 Å². The van der Waals surface area contributed by atoms with E-state index in [1.54, 1.807) is 29.2 Å². The molecule has 0 aromatic heterocycles. The van der Waals surface area contributed by atoms with E-state index >= 15 is 0 Å². The highest BCUT2D eigenvalue weighted by atomic mass is 79.9. The lowest BCUT2D eigenvalue weighted by Gasteiger charge is -2.24. The third kappa shape index (κ3) is 6.21. The standard InChI is InChI=1S/C27H24BrClFNO4/c1-27(14-17-5-7-23(30)22(29)12-17)15-20-13-19(6-8-24(20)35-27)26(34)31(10-9-25(32)33)16-18-3-2-4-21(28)11-18/h2-8,11-13H,9-10,14-16H2,1H3,(H,32,33)/t27-/m0/s1. The van der Waals surface area contributed by atoms with Gasteiger partial charge in [0.15, 0.2) is 0 Å². The van der Waals surface area contributed by atoms with Crippen molar-refractivity contribution < 1.29 is 23.8 Å². The van der Waals surface area contributed by atoms with Gasteiger partial charge in [-0.3, -0.25) is 9.59 Å². The monoisotopic (exact) mass is 559 g/mol. The quantitative estimate of drug-likeness (QED) is 0.351. The molecule has 8 heteroatoms. The van der Waals surface area contributed by atoms with Gasteiger partial charge >= 0.3 is 5.97 Å². The predicted octanol–water partition coefficient (Wildman–Crippen LogP) is 6.30. The third-order valence-electron chi connectivity index (χ3n) is 5.94. The van der Waals surface area contributed by atoms with Crippen LogP contribution < -0.4 is 4.74 Å². The number of carboxylic acids is 1. The first kappa shape index (κ1) is 25.2. The molecule has 0 radical (unpaired) electrons. The number of ether oxygens (including phenoxy) is 1. The Morgan fingerprint density at radius 2 is 1.94 bits per heavy atom. The lowest BCUT2D eigenvalue weighted by molar-refractivity contribution is -0.137. The lowest BCUT2D eigenvalue weighted by Crippen LogP contribution is -2.33. The highest BCUT2D eigenvalue weighted by molar-refractivity contribution is 9.10. The zero-order valence-electron chi connectivity index (χ0n) is 19.1. The van der Waals surface area contributed by atoms with Gasteiger partial charge in [-0.1, -0.05) is 45.7 Å². The van der Waals surface area contributed by atoms with Gasteiger partial charge in [0.1, 0.15) is 17.2 Å². The number of nitrogens with zero attached hydrogens (tertiary/aromatic N) is 1. The van der Waals surface area contributed by atoms with Crippen molar-refractivity contribution in [1.82, 2.24) is 4.90 Å². The molecule has 1 atom stereocenters. The van der Waals surface area contributed by atoms with Crippen LogP contribution in [0, 0.1) is 5.82 Å². The molecule has 4 rings (SSSR count). The minimum atomic E-state index is -0.962. The van der Waals surface area contributed by atoms with Crippen molar-refractivity contribution in [2.24, 2.45) is 0 Å². The van der Waals surface area contributed by atoms with Gasteiger partial charge in [-0.2, -0.15) is 0 Å². The van der Waals surface area contributed by atoms with Crippen LogP contribution in [0.1, 0.15) is 40.4 Å². The van der Waals surface area contributed by atoms with Crippen molar-refractivity contribution in [2.45, 2.75) is 38.3 Å². The molecule has 1 amide bonds. The lowest BCUT2D eigenvalue weighted by atomic mass is 9.91. The van der Waals surface area contributed by atoms with Crippen LogP contribution in [0.15, 0.2) is 65.1 Å². The van der Waals surface area contributed by atoms with E-state index < -0.39 is 17.4 Å². The summed E-state index contributed by atoms with van der Waals surface area (Å²) in [4.78, 5) is 26.1. The van der Waals surface area contributed by atoms with Crippen LogP contribution in [0.5, 0.6) is 5.75 Å². The molecule has 0 spiro atoms. The maximum atomic E-state index is 13.5. The maximum Gasteiger partial charge on any atom is 0.305 e. The second-order valence-corrected chi connectivity index (χ2v) is 10.3. The first-order valence-electron chi connectivity index (χ1n) is 11.1. The van der Waals surface area contributed by atoms with Crippen LogP contribution in [0.3, 0.4) is 0 Å². The number of carboxylic acid groups (broad SMARTS) is 1. The number of hydrogen-bond acceptors (Lipinski definition) is 3. The molecule has 5 nitrogen and oxygen atoms in total. The number of aliphatic carboxylic acids is 1. The minimum Gasteiger partial charge on any atom is -0.487 e. The summed E-state index contributed by atoms with van der Waals surface area (Å²) in [5, 5.41) is 9.24. The Morgan fingerprint density at radius 3 is 2.66 bits per heavy atom. The third-order valence-corrected chi connectivity index (χ3v) is 6.72. The Labute approximate surface area is 216 Å². The second-order valence-electron chi connectivity index (χ2n) is 8.98. The summed E-state index contributed by atoms with van der Waals surface area (Å²) in [5.74, 6) is -0.972. The first-order chi connectivity index (χ1) is 16.6. The number of halogens is 3. The molecule has 0 saturated heterocycles. The highest BCUT2D eigenvalue weighted by Gasteiger charge is 2.35. The number of fused-ring (bicyclic) bond motifs is 1. The molecular weight excluding hydrogens is 537 g/mol. The SMILES string of the molecule is C[C@]1(Cc2ccc(F)c(Cl)c2)Cc2cc(C(=O)N(CCC(=O)O)Cc3cccc(Br)c3)ccc2O1. The van der Waals surface area contributed by atoms with Crippen LogP contribution in [-0.4, -0.2) is 34.0 Å². The number of carbonyl (C=O) groups is 2. The summed E-state index contributed by atoms with van der Waals surface area (Å²) in [7, 11) is 0. The molecule has 35 heavy (non-hydrogen) atoms. The van der Waals surface area contributed by atoms with Gasteiger partial charge < -0.3 is 14.7 Å². The van der Waals surface area contributed by atoms with E-state index in [0.29, 0.717) is 30.7 Å². The summed E-state index contributed by atoms with van der Waals surface area (Å²) >= 11 is 9.37. The molecule has 0 fully saturated rings. The van der Waals surface area contributed by atoms with Crippen LogP contribution in [0.25, 0.3) is 0 Å². The Balaban J connectivity index is 1.53. The molecule has 0 bridgehead atoms. The van der Waals surface area contributed by atoms with Gasteiger partial charge in [0.05, 0.1) is 11.4 Å². The Morgan fingerprint density at radius 1 is 1.14 bits per heavy atom. The van der Waals surface area contributed by atoms with Gasteiger partial charge in [0.2, 0.25) is 0 Å². The fourth-order valence-corrected chi connectivity index (χ4v) is 5.01. The second kappa shape index (κ2) is 10.4. The summed E-state index contributed by atoms with van der Waals surface area (Å²) in [5.41, 5.74) is 2.56. The van der Waals surface area contributed by atoms with E-state index in [4.69, 9.17) is 16.3 Å². The molecule has 0 unspecified atom stereocenters. The molecule has 3 aromatic rings. The molecular formula is C27H24BrClFNO4. The summed E-state index contributed by atoms with van der Waals surface area (Å²) in [6, 6.07) is 17.5. The average molecular weight is 561 g/mol. The van der Waals surface area contributed by atoms with Crippen molar-refractivity contribution in [3.63, 3.8) is 0 Å². The van der Waals surface area contributed by atoms with E-state index in [1.165, 1.54) is 6.07 Å². The van der Waals surface area contributed by atoms with Crippen LogP contribution in [-0.2, 0) is 24.2 Å². The van der Waals surface area contributed by atoms with E-state index in [2.05, 4.69) is 15.9 Å². The van der Waals surface area contributed by atoms with Crippen molar-refractivity contribution >= 4 is 39.4 Å². The number of rotatable bonds is 8. The molecule has 1 N–H and O–H groups in total. The number of benzene rings is 3. The maximum absolute atomic E-state index is 13.5. The Hall–Kier alpha value is -2.90. The normalized spacial score (nSPS) is 16.5. The molecule has 0 aliphatic carbocycles. The van der Waals surface area contributed by atoms with E-state index in [0.717, 1.165) is 21.2 Å².